The van der Waals surface area contributed by atoms with Crippen molar-refractivity contribution in [1.29, 1.82) is 0 Å². The van der Waals surface area contributed by atoms with Crippen molar-refractivity contribution >= 4 is 76.2 Å². The first kappa shape index (κ1) is 33.8. The number of nitrogens with zero attached hydrogens (tertiary/aromatic N) is 3. The molecule has 13 aromatic rings. The summed E-state index contributed by atoms with van der Waals surface area (Å²) in [6.45, 7) is 0. The lowest BCUT2D eigenvalue weighted by atomic mass is 10.00. The summed E-state index contributed by atoms with van der Waals surface area (Å²) in [5, 5.41) is 9.94. The molecule has 13 rings (SSSR count). The summed E-state index contributed by atoms with van der Waals surface area (Å²) in [4.78, 5) is 0. The fraction of sp³-hybridized carbons (Fsp3) is 0. The Balaban J connectivity index is 1.06. The maximum absolute atomic E-state index is 2.46. The molecule has 0 saturated carbocycles. The molecule has 3 heteroatoms. The topological polar surface area (TPSA) is 14.8 Å². The monoisotopic (exact) mass is 775 g/mol. The van der Waals surface area contributed by atoms with Gasteiger partial charge in [0, 0.05) is 49.4 Å². The molecule has 284 valence electrons. The van der Waals surface area contributed by atoms with Gasteiger partial charge in [-0.25, -0.2) is 0 Å². The second-order valence-electron chi connectivity index (χ2n) is 16.2. The molecule has 0 amide bonds. The molecule has 0 radical (unpaired) electrons. The van der Waals surface area contributed by atoms with Gasteiger partial charge in [0.15, 0.2) is 0 Å². The van der Waals surface area contributed by atoms with Crippen molar-refractivity contribution in [3.8, 4) is 39.3 Å². The molecule has 0 unspecified atom stereocenters. The van der Waals surface area contributed by atoms with Gasteiger partial charge in [-0.3, -0.25) is 0 Å². The molecule has 0 saturated heterocycles. The van der Waals surface area contributed by atoms with Crippen LogP contribution in [0.5, 0.6) is 0 Å². The van der Waals surface area contributed by atoms with Crippen LogP contribution < -0.4 is 0 Å². The summed E-state index contributed by atoms with van der Waals surface area (Å²) in [6.07, 6.45) is 0. The average Bonchev–Trinajstić information content (AvgIpc) is 3.96. The molecule has 3 aromatic heterocycles. The van der Waals surface area contributed by atoms with Gasteiger partial charge in [0.05, 0.1) is 33.1 Å². The third-order valence-electron chi connectivity index (χ3n) is 12.8. The lowest BCUT2D eigenvalue weighted by molar-refractivity contribution is 1.17. The van der Waals surface area contributed by atoms with Crippen LogP contribution in [0.3, 0.4) is 0 Å². The van der Waals surface area contributed by atoms with E-state index in [1.807, 2.05) is 0 Å². The van der Waals surface area contributed by atoms with Gasteiger partial charge < -0.3 is 13.7 Å². The van der Waals surface area contributed by atoms with Crippen LogP contribution >= 0.6 is 0 Å². The van der Waals surface area contributed by atoms with Crippen LogP contribution in [0.2, 0.25) is 0 Å². The molecule has 61 heavy (non-hydrogen) atoms. The van der Waals surface area contributed by atoms with Gasteiger partial charge in [-0.05, 0) is 118 Å². The lowest BCUT2D eigenvalue weighted by Crippen LogP contribution is -1.96. The standard InChI is InChI=1S/C58H37N3/c1-3-13-38(14-4-1)40-23-28-45(29-24-40)60-56-32-27-43(42-26-31-55-49(34-42)47-19-9-11-21-53(47)59(55)44-17-5-2-6-18-44)35-50(56)52-36-51-48-20-10-12-22-54(48)61(57(51)37-58(52)60)46-30-25-39-15-7-8-16-41(39)33-46/h1-37H. The zero-order valence-electron chi connectivity index (χ0n) is 33.2. The third-order valence-corrected chi connectivity index (χ3v) is 12.8. The number of hydrogen-bond acceptors (Lipinski definition) is 0. The van der Waals surface area contributed by atoms with Gasteiger partial charge in [-0.2, -0.15) is 0 Å². The summed E-state index contributed by atoms with van der Waals surface area (Å²) >= 11 is 0. The molecule has 0 atom stereocenters. The first-order valence-corrected chi connectivity index (χ1v) is 21.0. The van der Waals surface area contributed by atoms with Crippen molar-refractivity contribution < 1.29 is 0 Å². The van der Waals surface area contributed by atoms with E-state index in [9.17, 15) is 0 Å². The van der Waals surface area contributed by atoms with Crippen molar-refractivity contribution in [3.05, 3.63) is 224 Å². The van der Waals surface area contributed by atoms with E-state index in [-0.39, 0.29) is 0 Å². The summed E-state index contributed by atoms with van der Waals surface area (Å²) in [5.74, 6) is 0. The van der Waals surface area contributed by atoms with Crippen molar-refractivity contribution in [2.24, 2.45) is 0 Å². The van der Waals surface area contributed by atoms with Crippen LogP contribution in [0, 0.1) is 0 Å². The van der Waals surface area contributed by atoms with E-state index in [1.54, 1.807) is 0 Å². The Labute approximate surface area is 352 Å². The maximum Gasteiger partial charge on any atom is 0.0562 e. The Morgan fingerprint density at radius 1 is 0.197 bits per heavy atom. The van der Waals surface area contributed by atoms with Crippen molar-refractivity contribution in [2.45, 2.75) is 0 Å². The van der Waals surface area contributed by atoms with Gasteiger partial charge in [-0.15, -0.1) is 0 Å². The van der Waals surface area contributed by atoms with Gasteiger partial charge >= 0.3 is 0 Å². The van der Waals surface area contributed by atoms with Gasteiger partial charge in [0.25, 0.3) is 0 Å². The van der Waals surface area contributed by atoms with Gasteiger partial charge in [-0.1, -0.05) is 140 Å². The summed E-state index contributed by atoms with van der Waals surface area (Å²) in [5.41, 5.74) is 15.4. The van der Waals surface area contributed by atoms with E-state index in [1.165, 1.54) is 104 Å². The Kier molecular flexibility index (Phi) is 7.31. The number of rotatable bonds is 5. The molecule has 0 aliphatic heterocycles. The number of para-hydroxylation sites is 3. The molecule has 10 aromatic carbocycles. The summed E-state index contributed by atoms with van der Waals surface area (Å²) in [6, 6.07) is 82.3. The molecule has 0 spiro atoms. The van der Waals surface area contributed by atoms with Crippen molar-refractivity contribution in [2.75, 3.05) is 0 Å². The molecule has 0 aliphatic rings. The van der Waals surface area contributed by atoms with Crippen LogP contribution in [0.1, 0.15) is 0 Å². The van der Waals surface area contributed by atoms with E-state index in [0.29, 0.717) is 0 Å². The zero-order valence-corrected chi connectivity index (χ0v) is 33.2. The van der Waals surface area contributed by atoms with E-state index in [4.69, 9.17) is 0 Å². The van der Waals surface area contributed by atoms with Crippen LogP contribution in [0.25, 0.3) is 116 Å². The highest BCUT2D eigenvalue weighted by Gasteiger charge is 2.20. The van der Waals surface area contributed by atoms with E-state index in [2.05, 4.69) is 238 Å². The second kappa shape index (κ2) is 13.2. The first-order chi connectivity index (χ1) is 30.2. The second-order valence-corrected chi connectivity index (χ2v) is 16.2. The lowest BCUT2D eigenvalue weighted by Gasteiger charge is -2.12. The molecular weight excluding hydrogens is 739 g/mol. The summed E-state index contributed by atoms with van der Waals surface area (Å²) < 4.78 is 7.29. The maximum atomic E-state index is 2.46. The van der Waals surface area contributed by atoms with E-state index in [0.717, 1.165) is 11.4 Å². The molecule has 0 aliphatic carbocycles. The Morgan fingerprint density at radius 2 is 0.623 bits per heavy atom. The van der Waals surface area contributed by atoms with Crippen LogP contribution in [0.4, 0.5) is 0 Å². The number of fused-ring (bicyclic) bond motifs is 10. The fourth-order valence-corrected chi connectivity index (χ4v) is 9.97. The number of aromatic nitrogens is 3. The van der Waals surface area contributed by atoms with Crippen molar-refractivity contribution in [1.82, 2.24) is 13.7 Å². The molecular formula is C58H37N3. The first-order valence-electron chi connectivity index (χ1n) is 21.0. The zero-order chi connectivity index (χ0) is 40.0. The quantitative estimate of drug-likeness (QED) is 0.165. The van der Waals surface area contributed by atoms with E-state index >= 15 is 0 Å². The average molecular weight is 776 g/mol. The van der Waals surface area contributed by atoms with Crippen LogP contribution in [-0.2, 0) is 0 Å². The Bertz CT molecular complexity index is 3850. The molecule has 3 heterocycles. The highest BCUT2D eigenvalue weighted by molar-refractivity contribution is 6.20. The van der Waals surface area contributed by atoms with Crippen LogP contribution in [-0.4, -0.2) is 13.7 Å². The smallest absolute Gasteiger partial charge is 0.0562 e. The molecule has 3 nitrogen and oxygen atoms in total. The summed E-state index contributed by atoms with van der Waals surface area (Å²) in [7, 11) is 0. The largest absolute Gasteiger partial charge is 0.309 e. The number of benzene rings is 10. The van der Waals surface area contributed by atoms with Crippen molar-refractivity contribution in [3.63, 3.8) is 0 Å². The van der Waals surface area contributed by atoms with Gasteiger partial charge in [0.2, 0.25) is 0 Å². The predicted molar refractivity (Wildman–Crippen MR) is 258 cm³/mol. The van der Waals surface area contributed by atoms with Gasteiger partial charge in [0.1, 0.15) is 0 Å². The Hall–Kier alpha value is -8.14. The minimum Gasteiger partial charge on any atom is -0.309 e. The normalized spacial score (nSPS) is 11.9. The molecule has 0 bridgehead atoms. The predicted octanol–water partition coefficient (Wildman–Crippen LogP) is 15.5. The molecule has 0 fully saturated rings. The van der Waals surface area contributed by atoms with Crippen LogP contribution in [0.15, 0.2) is 224 Å². The highest BCUT2D eigenvalue weighted by atomic mass is 15.0. The molecule has 0 N–H and O–H groups in total. The third kappa shape index (κ3) is 5.17. The highest BCUT2D eigenvalue weighted by Crippen LogP contribution is 2.42. The Morgan fingerprint density at radius 3 is 1.30 bits per heavy atom. The van der Waals surface area contributed by atoms with E-state index < -0.39 is 0 Å². The minimum absolute atomic E-state index is 1.13. The SMILES string of the molecule is c1ccc(-c2ccc(-n3c4ccc(-c5ccc6c(c5)c5ccccc5n6-c5ccccc5)cc4c4cc5c6ccccc6n(-c6ccc7ccccc7c6)c5cc43)cc2)cc1. The number of hydrogen-bond donors (Lipinski definition) is 0. The minimum atomic E-state index is 1.13. The fourth-order valence-electron chi connectivity index (χ4n) is 9.97.